The van der Waals surface area contributed by atoms with Crippen molar-refractivity contribution in [2.45, 2.75) is 26.7 Å². The van der Waals surface area contributed by atoms with Crippen molar-refractivity contribution >= 4 is 23.6 Å². The third-order valence-corrected chi connectivity index (χ3v) is 5.80. The van der Waals surface area contributed by atoms with Crippen molar-refractivity contribution in [2.24, 2.45) is 0 Å². The fraction of sp³-hybridized carbons (Fsp3) is 0.286. The normalized spacial score (nSPS) is 14.1. The molecule has 0 aliphatic rings. The van der Waals surface area contributed by atoms with Crippen LogP contribution in [0.1, 0.15) is 25.0 Å². The van der Waals surface area contributed by atoms with E-state index in [4.69, 9.17) is 4.52 Å². The van der Waals surface area contributed by atoms with E-state index in [1.807, 2.05) is 19.1 Å². The van der Waals surface area contributed by atoms with Crippen molar-refractivity contribution < 1.29 is 14.0 Å². The van der Waals surface area contributed by atoms with Crippen LogP contribution in [-0.2, 0) is 17.4 Å². The zero-order chi connectivity index (χ0) is 13.9. The minimum absolute atomic E-state index is 0.372. The topological polar surface area (TPSA) is 46.5 Å². The second-order valence-electron chi connectivity index (χ2n) is 4.16. The van der Waals surface area contributed by atoms with E-state index in [0.29, 0.717) is 10.4 Å². The Morgan fingerprint density at radius 2 is 2.00 bits per heavy atom. The van der Waals surface area contributed by atoms with Crippen LogP contribution in [-0.4, -0.2) is 4.89 Å². The molecular formula is C14H17O3PS. The Hall–Kier alpha value is -1.09. The summed E-state index contributed by atoms with van der Waals surface area (Å²) in [7, 11) is -3.77. The average molecular weight is 296 g/mol. The Morgan fingerprint density at radius 1 is 1.21 bits per heavy atom. The van der Waals surface area contributed by atoms with E-state index in [2.05, 4.69) is 6.92 Å². The molecule has 0 saturated heterocycles. The van der Waals surface area contributed by atoms with Crippen molar-refractivity contribution in [2.75, 3.05) is 0 Å². The van der Waals surface area contributed by atoms with Gasteiger partial charge in [0.15, 0.2) is 0 Å². The SMILES string of the molecule is CCc1cccc(OP(=O)(O)c2cccs2)c1CC. The fourth-order valence-electron chi connectivity index (χ4n) is 2.04. The molecular weight excluding hydrogens is 279 g/mol. The molecule has 1 aromatic heterocycles. The van der Waals surface area contributed by atoms with Crippen LogP contribution in [0.4, 0.5) is 0 Å². The predicted octanol–water partition coefficient (Wildman–Crippen LogP) is 3.76. The lowest BCUT2D eigenvalue weighted by molar-refractivity contribution is 0.392. The Morgan fingerprint density at radius 3 is 2.58 bits per heavy atom. The van der Waals surface area contributed by atoms with E-state index < -0.39 is 7.60 Å². The van der Waals surface area contributed by atoms with Gasteiger partial charge >= 0.3 is 7.60 Å². The number of hydrogen-bond donors (Lipinski definition) is 1. The van der Waals surface area contributed by atoms with Gasteiger partial charge in [-0.3, -0.25) is 0 Å². The molecule has 0 saturated carbocycles. The molecule has 1 unspecified atom stereocenters. The molecule has 0 aliphatic heterocycles. The molecule has 2 aromatic rings. The highest BCUT2D eigenvalue weighted by Gasteiger charge is 2.26. The molecule has 2 rings (SSSR count). The highest BCUT2D eigenvalue weighted by molar-refractivity contribution is 7.68. The summed E-state index contributed by atoms with van der Waals surface area (Å²) < 4.78 is 18.1. The first kappa shape index (κ1) is 14.3. The standard InChI is InChI=1S/C14H17O3PS/c1-3-11-7-5-8-13(12(11)4-2)17-18(15,16)14-9-6-10-19-14/h5-10H,3-4H2,1-2H3,(H,15,16). The third-order valence-electron chi connectivity index (χ3n) is 2.97. The maximum Gasteiger partial charge on any atom is 0.418 e. The Bertz CT molecular complexity index is 593. The number of thiophene rings is 1. The van der Waals surface area contributed by atoms with E-state index in [1.54, 1.807) is 23.6 Å². The summed E-state index contributed by atoms with van der Waals surface area (Å²) in [4.78, 5) is 10.1. The maximum absolute atomic E-state index is 12.3. The zero-order valence-electron chi connectivity index (χ0n) is 11.0. The number of hydrogen-bond acceptors (Lipinski definition) is 3. The van der Waals surface area contributed by atoms with Crippen LogP contribution in [0.25, 0.3) is 0 Å². The van der Waals surface area contributed by atoms with Gasteiger partial charge in [-0.1, -0.05) is 32.0 Å². The maximum atomic E-state index is 12.3. The van der Waals surface area contributed by atoms with Crippen molar-refractivity contribution in [3.63, 3.8) is 0 Å². The van der Waals surface area contributed by atoms with Gasteiger partial charge in [0.05, 0.1) is 0 Å². The Kier molecular flexibility index (Phi) is 4.46. The molecule has 1 aromatic carbocycles. The van der Waals surface area contributed by atoms with E-state index >= 15 is 0 Å². The Balaban J connectivity index is 2.36. The van der Waals surface area contributed by atoms with Gasteiger partial charge in [-0.05, 0) is 41.5 Å². The average Bonchev–Trinajstić information content (AvgIpc) is 2.92. The van der Waals surface area contributed by atoms with Gasteiger partial charge in [0, 0.05) is 0 Å². The summed E-state index contributed by atoms with van der Waals surface area (Å²) in [6.45, 7) is 4.09. The minimum Gasteiger partial charge on any atom is -0.421 e. The molecule has 0 aliphatic carbocycles. The van der Waals surface area contributed by atoms with Crippen LogP contribution in [0, 0.1) is 0 Å². The summed E-state index contributed by atoms with van der Waals surface area (Å²) in [6, 6.07) is 9.02. The lowest BCUT2D eigenvalue weighted by atomic mass is 10.0. The van der Waals surface area contributed by atoms with Crippen LogP contribution >= 0.6 is 18.9 Å². The number of rotatable bonds is 5. The van der Waals surface area contributed by atoms with Gasteiger partial charge in [0.25, 0.3) is 0 Å². The highest BCUT2D eigenvalue weighted by atomic mass is 32.1. The van der Waals surface area contributed by atoms with Crippen LogP contribution < -0.4 is 9.14 Å². The van der Waals surface area contributed by atoms with Crippen molar-refractivity contribution in [1.29, 1.82) is 0 Å². The van der Waals surface area contributed by atoms with Crippen molar-refractivity contribution in [1.82, 2.24) is 0 Å². The number of benzene rings is 1. The van der Waals surface area contributed by atoms with E-state index in [9.17, 15) is 9.46 Å². The van der Waals surface area contributed by atoms with E-state index in [-0.39, 0.29) is 0 Å². The Labute approximate surface area is 117 Å². The molecule has 102 valence electrons. The largest absolute Gasteiger partial charge is 0.421 e. The fourth-order valence-corrected chi connectivity index (χ4v) is 4.12. The lowest BCUT2D eigenvalue weighted by Gasteiger charge is -2.16. The predicted molar refractivity (Wildman–Crippen MR) is 79.6 cm³/mol. The summed E-state index contributed by atoms with van der Waals surface area (Å²) in [6.07, 6.45) is 1.67. The van der Waals surface area contributed by atoms with Gasteiger partial charge in [0.2, 0.25) is 0 Å². The first-order valence-corrected chi connectivity index (χ1v) is 8.71. The molecule has 0 amide bonds. The second kappa shape index (κ2) is 5.91. The van der Waals surface area contributed by atoms with Crippen LogP contribution in [0.5, 0.6) is 5.75 Å². The number of aryl methyl sites for hydroxylation is 1. The summed E-state index contributed by atoms with van der Waals surface area (Å²) in [5.41, 5.74) is 2.17. The van der Waals surface area contributed by atoms with Crippen molar-refractivity contribution in [3.8, 4) is 5.75 Å². The molecule has 0 bridgehead atoms. The first-order chi connectivity index (χ1) is 9.08. The van der Waals surface area contributed by atoms with Crippen LogP contribution in [0.2, 0.25) is 0 Å². The molecule has 5 heteroatoms. The van der Waals surface area contributed by atoms with Gasteiger partial charge in [0.1, 0.15) is 10.4 Å². The lowest BCUT2D eigenvalue weighted by Crippen LogP contribution is -2.06. The van der Waals surface area contributed by atoms with Gasteiger partial charge in [-0.15, -0.1) is 11.3 Å². The van der Waals surface area contributed by atoms with Crippen LogP contribution in [0.15, 0.2) is 35.7 Å². The second-order valence-corrected chi connectivity index (χ2v) is 7.12. The smallest absolute Gasteiger partial charge is 0.418 e. The highest BCUT2D eigenvalue weighted by Crippen LogP contribution is 2.44. The van der Waals surface area contributed by atoms with Gasteiger partial charge < -0.3 is 9.42 Å². The molecule has 1 heterocycles. The van der Waals surface area contributed by atoms with Gasteiger partial charge in [-0.25, -0.2) is 4.57 Å². The molecule has 1 atom stereocenters. The summed E-state index contributed by atoms with van der Waals surface area (Å²) in [5, 5.41) is 1.77. The van der Waals surface area contributed by atoms with E-state index in [0.717, 1.165) is 24.0 Å². The van der Waals surface area contributed by atoms with E-state index in [1.165, 1.54) is 11.3 Å². The summed E-state index contributed by atoms with van der Waals surface area (Å²) >= 11 is 1.23. The quantitative estimate of drug-likeness (QED) is 0.854. The monoisotopic (exact) mass is 296 g/mol. The third kappa shape index (κ3) is 3.08. The molecule has 19 heavy (non-hydrogen) atoms. The van der Waals surface area contributed by atoms with Gasteiger partial charge in [-0.2, -0.15) is 0 Å². The molecule has 0 spiro atoms. The molecule has 1 N–H and O–H groups in total. The molecule has 0 fully saturated rings. The van der Waals surface area contributed by atoms with Crippen molar-refractivity contribution in [3.05, 3.63) is 46.8 Å². The molecule has 0 radical (unpaired) electrons. The minimum atomic E-state index is -3.77. The first-order valence-electron chi connectivity index (χ1n) is 6.25. The summed E-state index contributed by atoms with van der Waals surface area (Å²) in [5.74, 6) is 0.515. The van der Waals surface area contributed by atoms with Crippen LogP contribution in [0.3, 0.4) is 0 Å². The zero-order valence-corrected chi connectivity index (χ0v) is 12.7. The molecule has 3 nitrogen and oxygen atoms in total.